The van der Waals surface area contributed by atoms with Crippen LogP contribution in [0.1, 0.15) is 22.8 Å². The molecule has 5 nitrogen and oxygen atoms in total. The molecule has 1 aromatic rings. The van der Waals surface area contributed by atoms with Crippen LogP contribution in [0.5, 0.6) is 0 Å². The molecule has 98 valence electrons. The molecule has 0 radical (unpaired) electrons. The van der Waals surface area contributed by atoms with Crippen LogP contribution in [0.4, 0.5) is 5.69 Å². The van der Waals surface area contributed by atoms with Crippen molar-refractivity contribution in [2.24, 2.45) is 5.92 Å². The van der Waals surface area contributed by atoms with E-state index in [9.17, 15) is 14.9 Å². The van der Waals surface area contributed by atoms with Crippen molar-refractivity contribution in [3.05, 3.63) is 39.4 Å². The zero-order valence-electron chi connectivity index (χ0n) is 10.3. The van der Waals surface area contributed by atoms with Gasteiger partial charge in [-0.3, -0.25) is 14.9 Å². The summed E-state index contributed by atoms with van der Waals surface area (Å²) in [6, 6.07) is 4.56. The highest BCUT2D eigenvalue weighted by atomic mass is 35.5. The standard InChI is InChI=1S/C12H15ClN2O3/c1-8(6-13)7-14-12(16)11-9(2)4-3-5-10(11)15(17)18/h3-5,8H,6-7H2,1-2H3,(H,14,16). The van der Waals surface area contributed by atoms with Crippen molar-refractivity contribution in [3.8, 4) is 0 Å². The Bertz CT molecular complexity index is 463. The molecule has 6 heteroatoms. The molecule has 1 aromatic carbocycles. The Hall–Kier alpha value is -1.62. The second kappa shape index (κ2) is 6.35. The average molecular weight is 271 g/mol. The van der Waals surface area contributed by atoms with E-state index in [1.165, 1.54) is 6.07 Å². The summed E-state index contributed by atoms with van der Waals surface area (Å²) < 4.78 is 0. The smallest absolute Gasteiger partial charge is 0.282 e. The highest BCUT2D eigenvalue weighted by Crippen LogP contribution is 2.21. The number of nitrogens with one attached hydrogen (secondary N) is 1. The molecule has 0 aliphatic heterocycles. The fraction of sp³-hybridized carbons (Fsp3) is 0.417. The van der Waals surface area contributed by atoms with E-state index < -0.39 is 10.8 Å². The van der Waals surface area contributed by atoms with Crippen molar-refractivity contribution in [1.82, 2.24) is 5.32 Å². The van der Waals surface area contributed by atoms with E-state index in [1.54, 1.807) is 19.1 Å². The second-order valence-electron chi connectivity index (χ2n) is 4.20. The number of amides is 1. The molecule has 0 aliphatic carbocycles. The second-order valence-corrected chi connectivity index (χ2v) is 4.50. The summed E-state index contributed by atoms with van der Waals surface area (Å²) in [7, 11) is 0. The van der Waals surface area contributed by atoms with Gasteiger partial charge in [0.2, 0.25) is 0 Å². The number of hydrogen-bond donors (Lipinski definition) is 1. The van der Waals surface area contributed by atoms with Crippen LogP contribution in [0, 0.1) is 23.0 Å². The quantitative estimate of drug-likeness (QED) is 0.508. The Morgan fingerprint density at radius 2 is 2.22 bits per heavy atom. The Kier molecular flexibility index (Phi) is 5.09. The lowest BCUT2D eigenvalue weighted by Crippen LogP contribution is -2.29. The summed E-state index contributed by atoms with van der Waals surface area (Å²) in [6.45, 7) is 3.96. The third-order valence-electron chi connectivity index (χ3n) is 2.55. The van der Waals surface area contributed by atoms with Crippen molar-refractivity contribution in [2.45, 2.75) is 13.8 Å². The lowest BCUT2D eigenvalue weighted by molar-refractivity contribution is -0.385. The molecular formula is C12H15ClN2O3. The third kappa shape index (κ3) is 3.43. The first-order valence-corrected chi connectivity index (χ1v) is 6.09. The van der Waals surface area contributed by atoms with Crippen molar-refractivity contribution in [2.75, 3.05) is 12.4 Å². The zero-order valence-corrected chi connectivity index (χ0v) is 11.0. The summed E-state index contributed by atoms with van der Waals surface area (Å²) in [6.07, 6.45) is 0. The summed E-state index contributed by atoms with van der Waals surface area (Å²) in [5, 5.41) is 13.5. The number of carbonyl (C=O) groups is 1. The van der Waals surface area contributed by atoms with Gasteiger partial charge in [-0.25, -0.2) is 0 Å². The molecule has 0 fully saturated rings. The molecule has 1 N–H and O–H groups in total. The van der Waals surface area contributed by atoms with Crippen LogP contribution in [-0.2, 0) is 0 Å². The van der Waals surface area contributed by atoms with Crippen LogP contribution in [0.15, 0.2) is 18.2 Å². The Morgan fingerprint density at radius 1 is 1.56 bits per heavy atom. The number of nitro groups is 1. The maximum Gasteiger partial charge on any atom is 0.282 e. The SMILES string of the molecule is Cc1cccc([N+](=O)[O-])c1C(=O)NCC(C)CCl. The van der Waals surface area contributed by atoms with Gasteiger partial charge in [0, 0.05) is 18.5 Å². The molecule has 1 atom stereocenters. The fourth-order valence-corrected chi connectivity index (χ4v) is 1.62. The van der Waals surface area contributed by atoms with Crippen LogP contribution in [0.25, 0.3) is 0 Å². The fourth-order valence-electron chi connectivity index (χ4n) is 1.51. The molecule has 0 spiro atoms. The van der Waals surface area contributed by atoms with E-state index in [0.717, 1.165) is 0 Å². The van der Waals surface area contributed by atoms with Crippen molar-refractivity contribution >= 4 is 23.2 Å². The number of halogens is 1. The minimum atomic E-state index is -0.549. The number of hydrogen-bond acceptors (Lipinski definition) is 3. The van der Waals surface area contributed by atoms with Crippen molar-refractivity contribution < 1.29 is 9.72 Å². The molecule has 0 heterocycles. The van der Waals surface area contributed by atoms with Crippen LogP contribution in [-0.4, -0.2) is 23.3 Å². The molecule has 0 bridgehead atoms. The van der Waals surface area contributed by atoms with Crippen molar-refractivity contribution in [3.63, 3.8) is 0 Å². The Balaban J connectivity index is 2.94. The van der Waals surface area contributed by atoms with Crippen molar-refractivity contribution in [1.29, 1.82) is 0 Å². The molecule has 0 aromatic heterocycles. The van der Waals surface area contributed by atoms with E-state index >= 15 is 0 Å². The highest BCUT2D eigenvalue weighted by Gasteiger charge is 2.22. The summed E-state index contributed by atoms with van der Waals surface area (Å²) in [5.41, 5.74) is 0.524. The van der Waals surface area contributed by atoms with Gasteiger partial charge in [-0.2, -0.15) is 0 Å². The van der Waals surface area contributed by atoms with Crippen LogP contribution in [0.3, 0.4) is 0 Å². The third-order valence-corrected chi connectivity index (χ3v) is 3.08. The maximum absolute atomic E-state index is 12.0. The van der Waals surface area contributed by atoms with Gasteiger partial charge in [0.05, 0.1) is 4.92 Å². The normalized spacial score (nSPS) is 11.9. The van der Waals surface area contributed by atoms with Crippen LogP contribution in [0.2, 0.25) is 0 Å². The van der Waals surface area contributed by atoms with Gasteiger partial charge >= 0.3 is 0 Å². The zero-order chi connectivity index (χ0) is 13.7. The van der Waals surface area contributed by atoms with E-state index in [2.05, 4.69) is 5.32 Å². The number of benzene rings is 1. The van der Waals surface area contributed by atoms with E-state index in [0.29, 0.717) is 18.0 Å². The van der Waals surface area contributed by atoms with Gasteiger partial charge in [-0.05, 0) is 18.4 Å². The average Bonchev–Trinajstić information content (AvgIpc) is 2.34. The predicted molar refractivity (Wildman–Crippen MR) is 70.1 cm³/mol. The van der Waals surface area contributed by atoms with Gasteiger partial charge in [0.1, 0.15) is 5.56 Å². The summed E-state index contributed by atoms with van der Waals surface area (Å²) >= 11 is 5.63. The van der Waals surface area contributed by atoms with Gasteiger partial charge in [0.25, 0.3) is 11.6 Å². The lowest BCUT2D eigenvalue weighted by Gasteiger charge is -2.11. The monoisotopic (exact) mass is 270 g/mol. The van der Waals surface area contributed by atoms with E-state index in [1.807, 2.05) is 6.92 Å². The molecule has 0 saturated carbocycles. The van der Waals surface area contributed by atoms with Gasteiger partial charge < -0.3 is 5.32 Å². The van der Waals surface area contributed by atoms with Crippen LogP contribution >= 0.6 is 11.6 Å². The number of alkyl halides is 1. The minimum Gasteiger partial charge on any atom is -0.351 e. The molecule has 1 unspecified atom stereocenters. The molecule has 1 amide bonds. The molecule has 1 rings (SSSR count). The van der Waals surface area contributed by atoms with Gasteiger partial charge in [-0.15, -0.1) is 11.6 Å². The number of rotatable bonds is 5. The number of aryl methyl sites for hydroxylation is 1. The highest BCUT2D eigenvalue weighted by molar-refractivity contribution is 6.18. The largest absolute Gasteiger partial charge is 0.351 e. The maximum atomic E-state index is 12.0. The number of nitrogens with zero attached hydrogens (tertiary/aromatic N) is 1. The lowest BCUT2D eigenvalue weighted by atomic mass is 10.1. The molecule has 0 aliphatic rings. The minimum absolute atomic E-state index is 0.115. The van der Waals surface area contributed by atoms with Gasteiger partial charge in [0.15, 0.2) is 0 Å². The predicted octanol–water partition coefficient (Wildman–Crippen LogP) is 2.51. The first kappa shape index (κ1) is 14.4. The summed E-state index contributed by atoms with van der Waals surface area (Å²) in [5.74, 6) is 0.117. The van der Waals surface area contributed by atoms with E-state index in [-0.39, 0.29) is 17.2 Å². The number of carbonyl (C=O) groups excluding carboxylic acids is 1. The van der Waals surface area contributed by atoms with Gasteiger partial charge in [-0.1, -0.05) is 19.1 Å². The van der Waals surface area contributed by atoms with E-state index in [4.69, 9.17) is 11.6 Å². The van der Waals surface area contributed by atoms with Crippen LogP contribution < -0.4 is 5.32 Å². The molecular weight excluding hydrogens is 256 g/mol. The molecule has 0 saturated heterocycles. The first-order chi connectivity index (χ1) is 8.47. The summed E-state index contributed by atoms with van der Waals surface area (Å²) in [4.78, 5) is 22.3. The first-order valence-electron chi connectivity index (χ1n) is 5.55. The number of nitro benzene ring substituents is 1. The Morgan fingerprint density at radius 3 is 2.78 bits per heavy atom. The topological polar surface area (TPSA) is 72.2 Å². The Labute approximate surface area is 110 Å². The molecule has 18 heavy (non-hydrogen) atoms.